The normalized spacial score (nSPS) is 11.0. The number of ether oxygens (including phenoxy) is 3. The number of anilines is 1. The number of hydrogen-bond acceptors (Lipinski definition) is 21. The number of nitrogens with zero attached hydrogens (tertiary/aromatic N) is 7. The van der Waals surface area contributed by atoms with Crippen molar-refractivity contribution in [2.75, 3.05) is 27.1 Å². The Morgan fingerprint density at radius 2 is 0.725 bits per heavy atom. The van der Waals surface area contributed by atoms with Crippen molar-refractivity contribution in [1.29, 1.82) is 0 Å². The van der Waals surface area contributed by atoms with Gasteiger partial charge in [0.25, 0.3) is 16.7 Å². The summed E-state index contributed by atoms with van der Waals surface area (Å²) in [5, 5.41) is 10.3. The zero-order valence-electron chi connectivity index (χ0n) is 71.6. The summed E-state index contributed by atoms with van der Waals surface area (Å²) < 4.78 is 291. The first-order chi connectivity index (χ1) is 63.9. The number of hydrogen-bond donors (Lipinski definition) is 2. The summed E-state index contributed by atoms with van der Waals surface area (Å²) in [6.07, 6.45) is 6.16. The highest BCUT2D eigenvalue weighted by atomic mass is 79.9. The van der Waals surface area contributed by atoms with Crippen LogP contribution in [0.15, 0.2) is 252 Å². The number of benzene rings is 11. The zero-order chi connectivity index (χ0) is 98.3. The lowest BCUT2D eigenvalue weighted by atomic mass is 10.0. The minimum Gasteiger partial charge on any atom is -0.537 e. The van der Waals surface area contributed by atoms with E-state index in [1.807, 2.05) is 0 Å². The van der Waals surface area contributed by atoms with Gasteiger partial charge in [0.05, 0.1) is 79.4 Å². The quantitative estimate of drug-likeness (QED) is 0.0190. The van der Waals surface area contributed by atoms with E-state index in [0.717, 1.165) is 69.8 Å². The molecule has 0 aliphatic heterocycles. The van der Waals surface area contributed by atoms with Crippen molar-refractivity contribution in [1.82, 2.24) is 33.6 Å². The van der Waals surface area contributed by atoms with Crippen LogP contribution < -0.4 is 49.6 Å². The molecule has 16 aromatic rings. The molecule has 0 saturated heterocycles. The molecule has 0 spiro atoms. The van der Waals surface area contributed by atoms with Gasteiger partial charge in [0.2, 0.25) is 75.6 Å². The Morgan fingerprint density at radius 3 is 1.08 bits per heavy atom. The molecule has 719 valence electrons. The van der Waals surface area contributed by atoms with Gasteiger partial charge in [0.15, 0.2) is 9.84 Å². The Morgan fingerprint density at radius 1 is 0.399 bits per heavy atom. The van der Waals surface area contributed by atoms with E-state index < -0.39 is 138 Å². The summed E-state index contributed by atoms with van der Waals surface area (Å²) >= 11 is 21.0. The molecule has 1 radical (unpaired) electrons. The molecule has 5 aromatic heterocycles. The molecule has 0 fully saturated rings. The maximum absolute atomic E-state index is 15.4. The second-order valence-electron chi connectivity index (χ2n) is 28.1. The first kappa shape index (κ1) is 109. The van der Waals surface area contributed by atoms with Crippen LogP contribution in [0.1, 0.15) is 22.5 Å². The van der Waals surface area contributed by atoms with Crippen LogP contribution in [0.25, 0.3) is 72.0 Å². The first-order valence-corrected chi connectivity index (χ1v) is 44.4. The van der Waals surface area contributed by atoms with E-state index in [2.05, 4.69) is 44.2 Å². The van der Waals surface area contributed by atoms with Gasteiger partial charge >= 0.3 is 27.9 Å². The van der Waals surface area contributed by atoms with Gasteiger partial charge in [0, 0.05) is 76.3 Å². The molecular formula is C90H68BBrCl3F13N8O16P3S3. The molecule has 0 aliphatic rings. The minimum absolute atomic E-state index is 0. The second-order valence-corrected chi connectivity index (χ2v) is 35.3. The molecule has 5 heterocycles. The third-order valence-electron chi connectivity index (χ3n) is 19.6. The van der Waals surface area contributed by atoms with E-state index in [9.17, 15) is 87.9 Å². The van der Waals surface area contributed by atoms with E-state index in [1.54, 1.807) is 112 Å². The summed E-state index contributed by atoms with van der Waals surface area (Å²) in [7, 11) is -8.99. The number of pyridine rings is 3. The lowest BCUT2D eigenvalue weighted by Crippen LogP contribution is -2.19. The van der Waals surface area contributed by atoms with E-state index in [0.29, 0.717) is 102 Å². The summed E-state index contributed by atoms with van der Waals surface area (Å²) in [5.41, 5.74) is 7.99. The second kappa shape index (κ2) is 45.8. The molecular weight excluding hydrogens is 2080 g/mol. The van der Waals surface area contributed by atoms with Crippen LogP contribution in [0.3, 0.4) is 0 Å². The molecule has 0 bridgehead atoms. The van der Waals surface area contributed by atoms with Crippen LogP contribution in [0, 0.1) is 96.4 Å². The van der Waals surface area contributed by atoms with Crippen LogP contribution in [-0.4, -0.2) is 92.9 Å². The topological polar surface area (TPSA) is 322 Å². The molecule has 0 saturated carbocycles. The van der Waals surface area contributed by atoms with Gasteiger partial charge in [0.1, 0.15) is 61.8 Å². The van der Waals surface area contributed by atoms with E-state index in [4.69, 9.17) is 64.4 Å². The third kappa shape index (κ3) is 23.9. The third-order valence-corrected chi connectivity index (χ3v) is 25.1. The molecule has 3 atom stereocenters. The first-order valence-electron chi connectivity index (χ1n) is 38.0. The van der Waals surface area contributed by atoms with Crippen molar-refractivity contribution < 1.29 is 115 Å². The fourth-order valence-electron chi connectivity index (χ4n) is 13.1. The number of fused-ring (bicyclic) bond motifs is 3. The molecule has 0 amide bonds. The predicted molar refractivity (Wildman–Crippen MR) is 512 cm³/mol. The van der Waals surface area contributed by atoms with Crippen molar-refractivity contribution in [2.24, 2.45) is 0 Å². The standard InChI is InChI=1S/C29H16ClF6NO5S.C28H21ClFN3O4S.C22H10BrF6NO4S.C7H7BClO3.C4H5N3.3H3P/c1-13-9-17(14-3-6-18(30)22(11-14)41-2)19(31)12-21(13)37-20-7-5-16(10-15(20)4-8-23(37)38)43(39,40)42-29-27(35)25(33)24(32)26(34)28(29)36;1-17-12-21(18-4-7-22(29)26(14-18)37-2)23(30)15-25(17)33-24-8-6-20(13-19(24)5-9-28(33)34)38(35,36)16-27-31-10-3-11-32-27;1-9-6-12(23)13(24)8-15(9)30-14-4-3-11(7-10(14)2-5-16(30)31)35(32,33)34-22-20(28)18(26)17(25)19(27)21(22)29;1-11-7-4-5(12-8-10)2-3-6(7)9;5-4-6-2-1-3-7-4;;;/h3-12H,1-2H3;3-15H,16H2,1-2H3;2-8H,1H3;2-4,10H,1H3;1-3H,(H2,5,6,7);3*1H3. The van der Waals surface area contributed by atoms with E-state index >= 15 is 8.78 Å². The van der Waals surface area contributed by atoms with Crippen LogP contribution in [0.5, 0.6) is 34.5 Å². The summed E-state index contributed by atoms with van der Waals surface area (Å²) in [6.45, 7) is 5.00. The molecule has 0 aliphatic carbocycles. The van der Waals surface area contributed by atoms with Crippen molar-refractivity contribution in [3.8, 4) is 73.8 Å². The van der Waals surface area contributed by atoms with Gasteiger partial charge in [-0.25, -0.2) is 67.9 Å². The van der Waals surface area contributed by atoms with Crippen molar-refractivity contribution in [3.05, 3.63) is 368 Å². The molecule has 138 heavy (non-hydrogen) atoms. The Kier molecular flexibility index (Phi) is 36.2. The summed E-state index contributed by atoms with van der Waals surface area (Å²) in [4.78, 5) is 52.4. The van der Waals surface area contributed by atoms with Gasteiger partial charge in [-0.1, -0.05) is 46.9 Å². The molecule has 16 rings (SSSR count). The van der Waals surface area contributed by atoms with Crippen LogP contribution >= 0.6 is 80.4 Å². The summed E-state index contributed by atoms with van der Waals surface area (Å²) in [6, 6.07) is 43.8. The number of halogens is 17. The number of sulfone groups is 1. The molecule has 24 nitrogen and oxygen atoms in total. The van der Waals surface area contributed by atoms with Crippen molar-refractivity contribution in [2.45, 2.75) is 41.2 Å². The lowest BCUT2D eigenvalue weighted by Gasteiger charge is -2.16. The Hall–Kier alpha value is -12.6. The predicted octanol–water partition coefficient (Wildman–Crippen LogP) is 19.9. The van der Waals surface area contributed by atoms with Gasteiger partial charge in [-0.3, -0.25) is 28.1 Å². The number of rotatable bonds is 19. The highest BCUT2D eigenvalue weighted by Gasteiger charge is 2.34. The van der Waals surface area contributed by atoms with Gasteiger partial charge < -0.3 is 38.0 Å². The number of aryl methyl sites for hydroxylation is 3. The number of aromatic nitrogens is 7. The molecule has 11 aromatic carbocycles. The smallest absolute Gasteiger partial charge is 0.537 e. The SMILES string of the molecule is COc1cc(-c2cc(C)c(-n3c(=O)ccc4cc(S(=O)(=O)Cc5ncccn5)ccc43)cc2F)ccc1Cl.COc1cc(-c2cc(C)c(-n3c(=O)ccc4cc(S(=O)(=O)Oc5c(F)c(F)c(F)c(F)c5F)ccc43)cc2F)ccc1Cl.COc1cc(O[B]O)ccc1Cl.Cc1cc(Br)c(F)cc1-n1c(=O)ccc2cc(S(=O)(=O)Oc3c(F)c(F)c(F)c(F)c3F)ccc21.Nc1ncccn1.P.P.P. The molecule has 3 N–H and O–H groups in total. The number of nitrogen functional groups attached to an aromatic ring is 1. The van der Waals surface area contributed by atoms with E-state index in [1.165, 1.54) is 92.9 Å². The van der Waals surface area contributed by atoms with Gasteiger partial charge in [-0.2, -0.15) is 64.1 Å². The minimum atomic E-state index is -5.15. The monoisotopic (exact) mass is 2150 g/mol. The molecule has 3 unspecified atom stereocenters. The fourth-order valence-corrected chi connectivity index (χ4v) is 17.3. The van der Waals surface area contributed by atoms with Gasteiger partial charge in [-0.15, -0.1) is 0 Å². The van der Waals surface area contributed by atoms with Crippen molar-refractivity contribution in [3.63, 3.8) is 0 Å². The molecule has 48 heteroatoms. The zero-order valence-corrected chi connectivity index (χ0v) is 82.2. The van der Waals surface area contributed by atoms with Crippen LogP contribution in [-0.2, 0) is 35.8 Å². The average Bonchev–Trinajstić information content (AvgIpc) is 0.764. The Labute approximate surface area is 809 Å². The van der Waals surface area contributed by atoms with Crippen LogP contribution in [0.2, 0.25) is 15.1 Å². The van der Waals surface area contributed by atoms with E-state index in [-0.39, 0.29) is 94.9 Å². The lowest BCUT2D eigenvalue weighted by molar-refractivity contribution is 0.346. The van der Waals surface area contributed by atoms with Crippen LogP contribution in [0.4, 0.5) is 63.0 Å². The fraction of sp³-hybridized carbons (Fsp3) is 0.0778. The average molecular weight is 2150 g/mol. The number of nitrogens with two attached hydrogens (primary N) is 1. The largest absolute Gasteiger partial charge is 0.569 e. The highest BCUT2D eigenvalue weighted by molar-refractivity contribution is 9.10. The van der Waals surface area contributed by atoms with Gasteiger partial charge in [-0.05, 0) is 222 Å². The highest BCUT2D eigenvalue weighted by Crippen LogP contribution is 2.40. The maximum Gasteiger partial charge on any atom is 0.569 e. The Balaban J connectivity index is 0.000000209. The van der Waals surface area contributed by atoms with Crippen molar-refractivity contribution >= 4 is 157 Å². The Bertz CT molecular complexity index is 7930. The number of methoxy groups -OCH3 is 3. The summed E-state index contributed by atoms with van der Waals surface area (Å²) in [5.74, 6) is -28.5. The maximum atomic E-state index is 15.4.